The third-order valence-electron chi connectivity index (χ3n) is 4.51. The van der Waals surface area contributed by atoms with Crippen LogP contribution in [0.1, 0.15) is 37.7 Å². The first kappa shape index (κ1) is 15.7. The first-order valence-electron chi connectivity index (χ1n) is 7.71. The Labute approximate surface area is 127 Å². The minimum absolute atomic E-state index is 0.734. The minimum Gasteiger partial charge on any atom is -0.496 e. The molecule has 1 aromatic rings. The lowest BCUT2D eigenvalue weighted by molar-refractivity contribution is 0.300. The molecule has 2 atom stereocenters. The number of ether oxygens (including phenoxy) is 1. The van der Waals surface area contributed by atoms with Gasteiger partial charge in [-0.15, -0.1) is 0 Å². The fourth-order valence-electron chi connectivity index (χ4n) is 3.45. The standard InChI is InChI=1S/C17H26ClNO/c1-19-12-14-7-5-3-4-6-13(14)10-15-11-16(18)8-9-17(15)20-2/h8-9,11,13-14,19H,3-7,10,12H2,1-2H3. The number of halogens is 1. The SMILES string of the molecule is CNCC1CCCCCC1Cc1cc(Cl)ccc1OC. The predicted octanol–water partition coefficient (Wildman–Crippen LogP) is 4.31. The monoisotopic (exact) mass is 295 g/mol. The highest BCUT2D eigenvalue weighted by Crippen LogP contribution is 2.34. The summed E-state index contributed by atoms with van der Waals surface area (Å²) >= 11 is 6.15. The van der Waals surface area contributed by atoms with Crippen molar-refractivity contribution in [2.24, 2.45) is 11.8 Å². The topological polar surface area (TPSA) is 21.3 Å². The Balaban J connectivity index is 2.14. The molecule has 1 aromatic carbocycles. The molecule has 0 heterocycles. The first-order chi connectivity index (χ1) is 9.74. The second kappa shape index (κ2) is 7.90. The van der Waals surface area contributed by atoms with Crippen molar-refractivity contribution in [2.45, 2.75) is 38.5 Å². The molecular formula is C17H26ClNO. The van der Waals surface area contributed by atoms with Crippen LogP contribution in [0, 0.1) is 11.8 Å². The van der Waals surface area contributed by atoms with Crippen LogP contribution in [0.3, 0.4) is 0 Å². The molecule has 0 spiro atoms. The maximum Gasteiger partial charge on any atom is 0.122 e. The molecule has 20 heavy (non-hydrogen) atoms. The van der Waals surface area contributed by atoms with Gasteiger partial charge in [0.05, 0.1) is 7.11 Å². The molecule has 1 aliphatic rings. The summed E-state index contributed by atoms with van der Waals surface area (Å²) in [6.45, 7) is 1.12. The highest BCUT2D eigenvalue weighted by Gasteiger charge is 2.24. The summed E-state index contributed by atoms with van der Waals surface area (Å²) in [5.41, 5.74) is 1.26. The highest BCUT2D eigenvalue weighted by atomic mass is 35.5. The molecule has 1 N–H and O–H groups in total. The van der Waals surface area contributed by atoms with Crippen molar-refractivity contribution in [3.05, 3.63) is 28.8 Å². The molecular weight excluding hydrogens is 270 g/mol. The van der Waals surface area contributed by atoms with Gasteiger partial charge in [-0.25, -0.2) is 0 Å². The molecule has 0 radical (unpaired) electrons. The van der Waals surface area contributed by atoms with Gasteiger partial charge >= 0.3 is 0 Å². The number of rotatable bonds is 5. The second-order valence-corrected chi connectivity index (χ2v) is 6.31. The number of nitrogens with one attached hydrogen (secondary N) is 1. The van der Waals surface area contributed by atoms with Crippen LogP contribution in [-0.4, -0.2) is 20.7 Å². The lowest BCUT2D eigenvalue weighted by Gasteiger charge is -2.25. The van der Waals surface area contributed by atoms with Crippen molar-refractivity contribution in [1.29, 1.82) is 0 Å². The van der Waals surface area contributed by atoms with E-state index in [2.05, 4.69) is 18.4 Å². The molecule has 2 unspecified atom stereocenters. The van der Waals surface area contributed by atoms with Crippen LogP contribution < -0.4 is 10.1 Å². The zero-order valence-electron chi connectivity index (χ0n) is 12.6. The Hall–Kier alpha value is -0.730. The van der Waals surface area contributed by atoms with Gasteiger partial charge in [0, 0.05) is 5.02 Å². The lowest BCUT2D eigenvalue weighted by atomic mass is 9.83. The van der Waals surface area contributed by atoms with Gasteiger partial charge < -0.3 is 10.1 Å². The van der Waals surface area contributed by atoms with Crippen molar-refractivity contribution in [3.63, 3.8) is 0 Å². The van der Waals surface area contributed by atoms with Gasteiger partial charge in [-0.05, 0) is 68.5 Å². The third-order valence-corrected chi connectivity index (χ3v) is 4.74. The molecule has 1 aliphatic carbocycles. The summed E-state index contributed by atoms with van der Waals surface area (Å²) in [5, 5.41) is 4.17. The fourth-order valence-corrected chi connectivity index (χ4v) is 3.64. The Morgan fingerprint density at radius 1 is 1.20 bits per heavy atom. The van der Waals surface area contributed by atoms with Gasteiger partial charge in [0.1, 0.15) is 5.75 Å². The first-order valence-corrected chi connectivity index (χ1v) is 8.09. The van der Waals surface area contributed by atoms with E-state index in [0.29, 0.717) is 0 Å². The van der Waals surface area contributed by atoms with E-state index in [9.17, 15) is 0 Å². The van der Waals surface area contributed by atoms with Crippen LogP contribution in [0.5, 0.6) is 5.75 Å². The van der Waals surface area contributed by atoms with Crippen molar-refractivity contribution in [1.82, 2.24) is 5.32 Å². The van der Waals surface area contributed by atoms with Crippen molar-refractivity contribution in [3.8, 4) is 5.75 Å². The predicted molar refractivity (Wildman–Crippen MR) is 85.7 cm³/mol. The smallest absolute Gasteiger partial charge is 0.122 e. The van der Waals surface area contributed by atoms with Gasteiger partial charge in [0.25, 0.3) is 0 Å². The summed E-state index contributed by atoms with van der Waals surface area (Å²) in [5.74, 6) is 2.48. The van der Waals surface area contributed by atoms with E-state index in [1.165, 1.54) is 37.7 Å². The molecule has 2 rings (SSSR count). The van der Waals surface area contributed by atoms with Crippen LogP contribution in [0.4, 0.5) is 0 Å². The number of hydrogen-bond acceptors (Lipinski definition) is 2. The Kier molecular flexibility index (Phi) is 6.18. The van der Waals surface area contributed by atoms with Crippen LogP contribution in [-0.2, 0) is 6.42 Å². The fraction of sp³-hybridized carbons (Fsp3) is 0.647. The summed E-state index contributed by atoms with van der Waals surface area (Å²) in [6.07, 6.45) is 7.85. The average Bonchev–Trinajstić information content (AvgIpc) is 2.66. The molecule has 3 heteroatoms. The minimum atomic E-state index is 0.734. The third kappa shape index (κ3) is 4.13. The Morgan fingerprint density at radius 2 is 1.95 bits per heavy atom. The van der Waals surface area contributed by atoms with Crippen molar-refractivity contribution >= 4 is 11.6 Å². The van der Waals surface area contributed by atoms with Crippen LogP contribution in [0.15, 0.2) is 18.2 Å². The van der Waals surface area contributed by atoms with E-state index in [0.717, 1.165) is 35.6 Å². The van der Waals surface area contributed by atoms with E-state index in [4.69, 9.17) is 16.3 Å². The molecule has 112 valence electrons. The summed E-state index contributed by atoms with van der Waals surface area (Å²) in [4.78, 5) is 0. The number of benzene rings is 1. The van der Waals surface area contributed by atoms with Crippen LogP contribution in [0.2, 0.25) is 5.02 Å². The van der Waals surface area contributed by atoms with Gasteiger partial charge in [-0.2, -0.15) is 0 Å². The molecule has 0 aromatic heterocycles. The number of hydrogen-bond donors (Lipinski definition) is 1. The van der Waals surface area contributed by atoms with E-state index in [1.807, 2.05) is 12.1 Å². The van der Waals surface area contributed by atoms with Crippen LogP contribution >= 0.6 is 11.6 Å². The largest absolute Gasteiger partial charge is 0.496 e. The van der Waals surface area contributed by atoms with E-state index < -0.39 is 0 Å². The Morgan fingerprint density at radius 3 is 2.65 bits per heavy atom. The normalized spacial score (nSPS) is 23.4. The van der Waals surface area contributed by atoms with Gasteiger partial charge in [-0.3, -0.25) is 0 Å². The molecule has 0 saturated heterocycles. The van der Waals surface area contributed by atoms with Crippen LogP contribution in [0.25, 0.3) is 0 Å². The highest BCUT2D eigenvalue weighted by molar-refractivity contribution is 6.30. The molecule has 1 saturated carbocycles. The van der Waals surface area contributed by atoms with E-state index >= 15 is 0 Å². The summed E-state index contributed by atoms with van der Waals surface area (Å²) in [7, 11) is 3.80. The van der Waals surface area contributed by atoms with E-state index in [1.54, 1.807) is 7.11 Å². The maximum absolute atomic E-state index is 6.15. The molecule has 0 amide bonds. The van der Waals surface area contributed by atoms with Crippen molar-refractivity contribution in [2.75, 3.05) is 20.7 Å². The van der Waals surface area contributed by atoms with Gasteiger partial charge in [0.2, 0.25) is 0 Å². The molecule has 0 bridgehead atoms. The zero-order chi connectivity index (χ0) is 14.4. The second-order valence-electron chi connectivity index (χ2n) is 5.88. The summed E-state index contributed by atoms with van der Waals surface area (Å²) in [6, 6.07) is 5.96. The van der Waals surface area contributed by atoms with Gasteiger partial charge in [-0.1, -0.05) is 30.9 Å². The lowest BCUT2D eigenvalue weighted by Crippen LogP contribution is -2.26. The number of methoxy groups -OCH3 is 1. The van der Waals surface area contributed by atoms with E-state index in [-0.39, 0.29) is 0 Å². The quantitative estimate of drug-likeness (QED) is 0.818. The molecule has 1 fully saturated rings. The van der Waals surface area contributed by atoms with Crippen molar-refractivity contribution < 1.29 is 4.74 Å². The zero-order valence-corrected chi connectivity index (χ0v) is 13.4. The summed E-state index contributed by atoms with van der Waals surface area (Å²) < 4.78 is 5.49. The molecule has 2 nitrogen and oxygen atoms in total. The Bertz CT molecular complexity index is 421. The average molecular weight is 296 g/mol. The molecule has 0 aliphatic heterocycles. The van der Waals surface area contributed by atoms with Gasteiger partial charge in [0.15, 0.2) is 0 Å². The maximum atomic E-state index is 6.15.